The Labute approximate surface area is 287 Å². The molecule has 12 heteroatoms. The van der Waals surface area contributed by atoms with Crippen molar-refractivity contribution in [3.05, 3.63) is 71.8 Å². The Kier molecular flexibility index (Phi) is 12.0. The molecule has 0 aliphatic carbocycles. The number of likely N-dealkylation sites (N-methyl/N-ethyl adjacent to an activating group) is 1. The molecule has 3 amide bonds. The highest BCUT2D eigenvalue weighted by molar-refractivity contribution is 6.01. The zero-order valence-electron chi connectivity index (χ0n) is 28.4. The summed E-state index contributed by atoms with van der Waals surface area (Å²) in [6.45, 7) is 5.46. The highest BCUT2D eigenvalue weighted by atomic mass is 16.7. The second-order valence-electron chi connectivity index (χ2n) is 12.9. The van der Waals surface area contributed by atoms with Crippen LogP contribution in [0, 0.1) is 5.92 Å². The molecule has 262 valence electrons. The summed E-state index contributed by atoms with van der Waals surface area (Å²) in [5, 5.41) is 15.8. The Hall–Kier alpha value is -4.81. The first kappa shape index (κ1) is 35.5. The van der Waals surface area contributed by atoms with E-state index in [2.05, 4.69) is 15.5 Å². The Morgan fingerprint density at radius 3 is 2.41 bits per heavy atom. The molecule has 3 aromatic rings. The standard InChI is InChI=1S/C37H47N5O7/c1-24-19-42(25(2)22-43)37(46)27-10-9-13-30(40-35(45)15-6-4-5-14-34(44)39-29-12-8-7-11-28(29)38)36(27)49-33(24)21-41(3)20-26-16-17-31-32(18-26)48-23-47-31/h7-13,16-18,24-25,33,43H,4-6,14-15,19-23,38H2,1-3H3,(H,39,44)(H,40,45)/t24-,25+,33+/m0/s1. The molecular formula is C37H47N5O7. The first-order chi connectivity index (χ1) is 23.6. The normalized spacial score (nSPS) is 17.5. The molecule has 2 aliphatic rings. The van der Waals surface area contributed by atoms with Crippen LogP contribution in [0.15, 0.2) is 60.7 Å². The topological polar surface area (TPSA) is 156 Å². The van der Waals surface area contributed by atoms with E-state index in [0.717, 1.165) is 17.1 Å². The van der Waals surface area contributed by atoms with Crippen molar-refractivity contribution in [1.29, 1.82) is 0 Å². The number of aliphatic hydroxyl groups is 1. The minimum atomic E-state index is -0.404. The van der Waals surface area contributed by atoms with Gasteiger partial charge in [0, 0.05) is 38.4 Å². The quantitative estimate of drug-likeness (QED) is 0.138. The summed E-state index contributed by atoms with van der Waals surface area (Å²) in [6, 6.07) is 17.8. The maximum Gasteiger partial charge on any atom is 0.258 e. The summed E-state index contributed by atoms with van der Waals surface area (Å²) >= 11 is 0. The van der Waals surface area contributed by atoms with E-state index in [9.17, 15) is 19.5 Å². The van der Waals surface area contributed by atoms with Gasteiger partial charge in [-0.1, -0.05) is 37.6 Å². The molecule has 5 N–H and O–H groups in total. The fraction of sp³-hybridized carbons (Fsp3) is 0.432. The average Bonchev–Trinajstić information content (AvgIpc) is 3.55. The molecule has 12 nitrogen and oxygen atoms in total. The molecule has 2 heterocycles. The SMILES string of the molecule is C[C@H](CO)N1C[C@H](C)[C@@H](CN(C)Cc2ccc3c(c2)OCO3)Oc2c(NC(=O)CCCCCC(=O)Nc3ccccc3N)cccc2C1=O. The van der Waals surface area contributed by atoms with Crippen molar-refractivity contribution in [2.24, 2.45) is 5.92 Å². The summed E-state index contributed by atoms with van der Waals surface area (Å²) in [6.07, 6.45) is 2.14. The van der Waals surface area contributed by atoms with E-state index in [1.165, 1.54) is 0 Å². The lowest BCUT2D eigenvalue weighted by atomic mass is 9.98. The van der Waals surface area contributed by atoms with Crippen molar-refractivity contribution in [2.45, 2.75) is 64.6 Å². The van der Waals surface area contributed by atoms with Crippen LogP contribution in [-0.2, 0) is 16.1 Å². The zero-order valence-corrected chi connectivity index (χ0v) is 28.4. The van der Waals surface area contributed by atoms with Gasteiger partial charge in [0.25, 0.3) is 5.91 Å². The molecule has 0 radical (unpaired) electrons. The monoisotopic (exact) mass is 673 g/mol. The van der Waals surface area contributed by atoms with E-state index >= 15 is 0 Å². The van der Waals surface area contributed by atoms with E-state index in [-0.39, 0.29) is 49.6 Å². The van der Waals surface area contributed by atoms with Crippen LogP contribution in [0.1, 0.15) is 61.9 Å². The van der Waals surface area contributed by atoms with Gasteiger partial charge in [0.2, 0.25) is 18.6 Å². The molecule has 0 aromatic heterocycles. The predicted molar refractivity (Wildman–Crippen MR) is 188 cm³/mol. The van der Waals surface area contributed by atoms with E-state index in [1.807, 2.05) is 51.2 Å². The Morgan fingerprint density at radius 1 is 0.980 bits per heavy atom. The van der Waals surface area contributed by atoms with Crippen LogP contribution in [0.4, 0.5) is 17.1 Å². The fourth-order valence-corrected chi connectivity index (χ4v) is 6.07. The van der Waals surface area contributed by atoms with E-state index in [1.54, 1.807) is 35.2 Å². The van der Waals surface area contributed by atoms with E-state index in [4.69, 9.17) is 19.9 Å². The number of para-hydroxylation sites is 3. The van der Waals surface area contributed by atoms with Crippen molar-refractivity contribution >= 4 is 34.8 Å². The molecule has 0 saturated carbocycles. The Balaban J connectivity index is 1.23. The molecular weight excluding hydrogens is 626 g/mol. The van der Waals surface area contributed by atoms with Crippen molar-refractivity contribution in [3.8, 4) is 17.2 Å². The largest absolute Gasteiger partial charge is 0.486 e. The van der Waals surface area contributed by atoms with E-state index in [0.29, 0.717) is 73.7 Å². The molecule has 0 fully saturated rings. The molecule has 0 unspecified atom stereocenters. The fourth-order valence-electron chi connectivity index (χ4n) is 6.07. The third-order valence-electron chi connectivity index (χ3n) is 8.89. The second kappa shape index (κ2) is 16.5. The summed E-state index contributed by atoms with van der Waals surface area (Å²) in [7, 11) is 2.01. The first-order valence-corrected chi connectivity index (χ1v) is 16.9. The summed E-state index contributed by atoms with van der Waals surface area (Å²) in [5.74, 6) is 1.09. The number of aliphatic hydroxyl groups excluding tert-OH is 1. The average molecular weight is 674 g/mol. The predicted octanol–water partition coefficient (Wildman–Crippen LogP) is 4.88. The number of nitrogens with two attached hydrogens (primary N) is 1. The molecule has 3 aromatic carbocycles. The van der Waals surface area contributed by atoms with Crippen molar-refractivity contribution < 1.29 is 33.7 Å². The number of amides is 3. The van der Waals surface area contributed by atoms with Gasteiger partial charge in [-0.3, -0.25) is 19.3 Å². The van der Waals surface area contributed by atoms with Crippen LogP contribution in [0.5, 0.6) is 17.2 Å². The van der Waals surface area contributed by atoms with Crippen molar-refractivity contribution in [2.75, 3.05) is 49.9 Å². The van der Waals surface area contributed by atoms with Crippen LogP contribution in [0.2, 0.25) is 0 Å². The van der Waals surface area contributed by atoms with Gasteiger partial charge < -0.3 is 40.6 Å². The number of unbranched alkanes of at least 4 members (excludes halogenated alkanes) is 2. The second-order valence-corrected chi connectivity index (χ2v) is 12.9. The van der Waals surface area contributed by atoms with Gasteiger partial charge >= 0.3 is 0 Å². The van der Waals surface area contributed by atoms with Crippen LogP contribution < -0.4 is 30.6 Å². The number of fused-ring (bicyclic) bond motifs is 2. The molecule has 2 aliphatic heterocycles. The Bertz CT molecular complexity index is 1630. The highest BCUT2D eigenvalue weighted by Gasteiger charge is 2.34. The van der Waals surface area contributed by atoms with Gasteiger partial charge in [0.15, 0.2) is 17.2 Å². The number of hydrogen-bond donors (Lipinski definition) is 4. The lowest BCUT2D eigenvalue weighted by Gasteiger charge is -2.38. The number of carbonyl (C=O) groups excluding carboxylic acids is 3. The minimum absolute atomic E-state index is 0.0930. The van der Waals surface area contributed by atoms with Gasteiger partial charge in [-0.2, -0.15) is 0 Å². The van der Waals surface area contributed by atoms with Gasteiger partial charge in [0.1, 0.15) is 6.10 Å². The molecule has 0 bridgehead atoms. The number of anilines is 3. The lowest BCUT2D eigenvalue weighted by Crippen LogP contribution is -2.49. The number of rotatable bonds is 14. The molecule has 5 rings (SSSR count). The lowest BCUT2D eigenvalue weighted by molar-refractivity contribution is -0.116. The number of carbonyl (C=O) groups is 3. The van der Waals surface area contributed by atoms with Gasteiger partial charge in [-0.05, 0) is 68.8 Å². The van der Waals surface area contributed by atoms with E-state index < -0.39 is 6.04 Å². The maximum absolute atomic E-state index is 13.8. The Morgan fingerprint density at radius 2 is 1.67 bits per heavy atom. The number of nitrogens with one attached hydrogen (secondary N) is 2. The van der Waals surface area contributed by atoms with Crippen molar-refractivity contribution in [3.63, 3.8) is 0 Å². The zero-order chi connectivity index (χ0) is 34.9. The number of ether oxygens (including phenoxy) is 3. The highest BCUT2D eigenvalue weighted by Crippen LogP contribution is 2.36. The summed E-state index contributed by atoms with van der Waals surface area (Å²) in [4.78, 5) is 43.1. The molecule has 3 atom stereocenters. The summed E-state index contributed by atoms with van der Waals surface area (Å²) in [5.41, 5.74) is 8.82. The molecule has 0 saturated heterocycles. The number of benzene rings is 3. The first-order valence-electron chi connectivity index (χ1n) is 16.9. The third kappa shape index (κ3) is 9.21. The number of hydrogen-bond acceptors (Lipinski definition) is 9. The summed E-state index contributed by atoms with van der Waals surface area (Å²) < 4.78 is 17.7. The van der Waals surface area contributed by atoms with Crippen molar-refractivity contribution in [1.82, 2.24) is 9.80 Å². The number of nitrogens with zero attached hydrogens (tertiary/aromatic N) is 2. The van der Waals surface area contributed by atoms with Crippen LogP contribution in [0.25, 0.3) is 0 Å². The van der Waals surface area contributed by atoms with Crippen LogP contribution in [0.3, 0.4) is 0 Å². The third-order valence-corrected chi connectivity index (χ3v) is 8.89. The minimum Gasteiger partial charge on any atom is -0.486 e. The van der Waals surface area contributed by atoms with Gasteiger partial charge in [0.05, 0.1) is 35.3 Å². The maximum atomic E-state index is 13.8. The smallest absolute Gasteiger partial charge is 0.258 e. The van der Waals surface area contributed by atoms with Crippen LogP contribution >= 0.6 is 0 Å². The van der Waals surface area contributed by atoms with Crippen LogP contribution in [-0.4, -0.2) is 78.3 Å². The van der Waals surface area contributed by atoms with Gasteiger partial charge in [-0.15, -0.1) is 0 Å². The van der Waals surface area contributed by atoms with Gasteiger partial charge in [-0.25, -0.2) is 0 Å². The molecule has 49 heavy (non-hydrogen) atoms. The molecule has 0 spiro atoms. The number of nitrogen functional groups attached to an aromatic ring is 1.